The molecule has 0 heterocycles. The maximum absolute atomic E-state index is 2.46. The number of hydrogen-bond acceptors (Lipinski definition) is 1. The number of hydrogen-bond donors (Lipinski definition) is 0. The molecule has 1 aliphatic carbocycles. The third kappa shape index (κ3) is 4.94. The molecule has 0 aliphatic heterocycles. The SMILES string of the molecule is CC1(C)c2ccccc2-c2cc(-c3ccccc3)c3c(N(c4ccc(-c5ccccc5)cc4)c4ccc(-c5ccccc5)cc4)cccc3c21. The van der Waals surface area contributed by atoms with Crippen LogP contribution in [0.5, 0.6) is 0 Å². The highest BCUT2D eigenvalue weighted by atomic mass is 15.1. The summed E-state index contributed by atoms with van der Waals surface area (Å²) in [5, 5.41) is 2.56. The first-order chi connectivity index (χ1) is 24.6. The van der Waals surface area contributed by atoms with Crippen molar-refractivity contribution in [3.63, 3.8) is 0 Å². The van der Waals surface area contributed by atoms with Gasteiger partial charge in [-0.1, -0.05) is 166 Å². The lowest BCUT2D eigenvalue weighted by Crippen LogP contribution is -2.16. The van der Waals surface area contributed by atoms with Crippen molar-refractivity contribution in [2.75, 3.05) is 4.90 Å². The van der Waals surface area contributed by atoms with Gasteiger partial charge in [-0.3, -0.25) is 0 Å². The molecule has 50 heavy (non-hydrogen) atoms. The van der Waals surface area contributed by atoms with Gasteiger partial charge in [0.2, 0.25) is 0 Å². The highest BCUT2D eigenvalue weighted by Gasteiger charge is 2.38. The number of nitrogens with zero attached hydrogens (tertiary/aromatic N) is 1. The molecule has 9 rings (SSSR count). The summed E-state index contributed by atoms with van der Waals surface area (Å²) >= 11 is 0. The van der Waals surface area contributed by atoms with Gasteiger partial charge >= 0.3 is 0 Å². The zero-order chi connectivity index (χ0) is 33.7. The average molecular weight is 640 g/mol. The topological polar surface area (TPSA) is 3.24 Å². The van der Waals surface area contributed by atoms with Gasteiger partial charge in [0.05, 0.1) is 5.69 Å². The molecule has 1 aliphatic rings. The Bertz CT molecular complexity index is 2380. The molecule has 1 nitrogen and oxygen atoms in total. The first kappa shape index (κ1) is 29.9. The van der Waals surface area contributed by atoms with E-state index in [-0.39, 0.29) is 5.41 Å². The zero-order valence-electron chi connectivity index (χ0n) is 28.3. The molecular weight excluding hydrogens is 603 g/mol. The summed E-state index contributed by atoms with van der Waals surface area (Å²) in [6.45, 7) is 4.77. The molecule has 0 saturated carbocycles. The maximum Gasteiger partial charge on any atom is 0.0546 e. The third-order valence-electron chi connectivity index (χ3n) is 10.4. The Morgan fingerprint density at radius 3 is 1.42 bits per heavy atom. The van der Waals surface area contributed by atoms with Crippen LogP contribution in [-0.2, 0) is 5.41 Å². The molecule has 0 unspecified atom stereocenters. The van der Waals surface area contributed by atoms with E-state index in [4.69, 9.17) is 0 Å². The van der Waals surface area contributed by atoms with E-state index in [0.29, 0.717) is 0 Å². The summed E-state index contributed by atoms with van der Waals surface area (Å²) in [7, 11) is 0. The molecule has 1 heteroatoms. The minimum Gasteiger partial charge on any atom is -0.310 e. The molecule has 8 aromatic carbocycles. The summed E-state index contributed by atoms with van der Waals surface area (Å²) < 4.78 is 0. The number of rotatable bonds is 6. The van der Waals surface area contributed by atoms with Gasteiger partial charge in [0.1, 0.15) is 0 Å². The Balaban J connectivity index is 1.31. The first-order valence-electron chi connectivity index (χ1n) is 17.4. The summed E-state index contributed by atoms with van der Waals surface area (Å²) in [5.41, 5.74) is 16.0. The molecule has 0 aromatic heterocycles. The minimum absolute atomic E-state index is 0.141. The second kappa shape index (κ2) is 12.1. The molecule has 0 atom stereocenters. The lowest BCUT2D eigenvalue weighted by molar-refractivity contribution is 0.666. The second-order valence-corrected chi connectivity index (χ2v) is 13.7. The van der Waals surface area contributed by atoms with Crippen LogP contribution in [0.4, 0.5) is 17.1 Å². The van der Waals surface area contributed by atoms with Crippen LogP contribution in [0.3, 0.4) is 0 Å². The van der Waals surface area contributed by atoms with Crippen molar-refractivity contribution < 1.29 is 0 Å². The van der Waals surface area contributed by atoms with E-state index >= 15 is 0 Å². The molecule has 0 radical (unpaired) electrons. The quantitative estimate of drug-likeness (QED) is 0.175. The van der Waals surface area contributed by atoms with Crippen LogP contribution >= 0.6 is 0 Å². The molecule has 0 amide bonds. The van der Waals surface area contributed by atoms with E-state index in [2.05, 4.69) is 207 Å². The van der Waals surface area contributed by atoms with Crippen LogP contribution in [0.25, 0.3) is 55.3 Å². The molecule has 8 aromatic rings. The Labute approximate surface area is 294 Å². The summed E-state index contributed by atoms with van der Waals surface area (Å²) in [4.78, 5) is 2.44. The number of anilines is 3. The Morgan fingerprint density at radius 1 is 0.380 bits per heavy atom. The van der Waals surface area contributed by atoms with Gasteiger partial charge in [0, 0.05) is 22.2 Å². The van der Waals surface area contributed by atoms with E-state index in [9.17, 15) is 0 Å². The van der Waals surface area contributed by atoms with E-state index < -0.39 is 0 Å². The predicted molar refractivity (Wildman–Crippen MR) is 213 cm³/mol. The van der Waals surface area contributed by atoms with Gasteiger partial charge in [0.25, 0.3) is 0 Å². The van der Waals surface area contributed by atoms with Crippen molar-refractivity contribution in [3.8, 4) is 44.5 Å². The van der Waals surface area contributed by atoms with E-state index in [1.807, 2.05) is 0 Å². The predicted octanol–water partition coefficient (Wildman–Crippen LogP) is 13.6. The summed E-state index contributed by atoms with van der Waals surface area (Å²) in [5.74, 6) is 0. The molecule has 0 N–H and O–H groups in total. The smallest absolute Gasteiger partial charge is 0.0546 e. The lowest BCUT2D eigenvalue weighted by Gasteiger charge is -2.30. The highest BCUT2D eigenvalue weighted by Crippen LogP contribution is 2.55. The fraction of sp³-hybridized carbons (Fsp3) is 0.0612. The van der Waals surface area contributed by atoms with Crippen LogP contribution in [0.1, 0.15) is 25.0 Å². The average Bonchev–Trinajstić information content (AvgIpc) is 3.42. The highest BCUT2D eigenvalue weighted by molar-refractivity contribution is 6.13. The van der Waals surface area contributed by atoms with Crippen molar-refractivity contribution in [2.24, 2.45) is 0 Å². The first-order valence-corrected chi connectivity index (χ1v) is 17.4. The van der Waals surface area contributed by atoms with Crippen LogP contribution in [-0.4, -0.2) is 0 Å². The molecule has 0 bridgehead atoms. The normalized spacial score (nSPS) is 12.8. The molecule has 0 fully saturated rings. The second-order valence-electron chi connectivity index (χ2n) is 13.7. The Hall–Kier alpha value is -6.18. The van der Waals surface area contributed by atoms with Gasteiger partial charge < -0.3 is 4.90 Å². The van der Waals surface area contributed by atoms with Crippen molar-refractivity contribution in [2.45, 2.75) is 19.3 Å². The molecule has 238 valence electrons. The third-order valence-corrected chi connectivity index (χ3v) is 10.4. The Kier molecular flexibility index (Phi) is 7.21. The van der Waals surface area contributed by atoms with Crippen molar-refractivity contribution in [1.82, 2.24) is 0 Å². The van der Waals surface area contributed by atoms with Crippen molar-refractivity contribution >= 4 is 27.8 Å². The fourth-order valence-electron chi connectivity index (χ4n) is 8.07. The van der Waals surface area contributed by atoms with Gasteiger partial charge in [0.15, 0.2) is 0 Å². The number of fused-ring (bicyclic) bond motifs is 5. The van der Waals surface area contributed by atoms with Gasteiger partial charge in [-0.15, -0.1) is 0 Å². The van der Waals surface area contributed by atoms with Gasteiger partial charge in [-0.2, -0.15) is 0 Å². The maximum atomic E-state index is 2.46. The van der Waals surface area contributed by atoms with Gasteiger partial charge in [-0.05, 0) is 97.4 Å². The summed E-state index contributed by atoms with van der Waals surface area (Å²) in [6, 6.07) is 68.5. The van der Waals surface area contributed by atoms with E-state index in [0.717, 1.165) is 17.1 Å². The number of benzene rings is 8. The van der Waals surface area contributed by atoms with Crippen molar-refractivity contribution in [1.29, 1.82) is 0 Å². The Morgan fingerprint density at radius 2 is 0.860 bits per heavy atom. The summed E-state index contributed by atoms with van der Waals surface area (Å²) in [6.07, 6.45) is 0. The molecular formula is C49H37N. The van der Waals surface area contributed by atoms with Gasteiger partial charge in [-0.25, -0.2) is 0 Å². The lowest BCUT2D eigenvalue weighted by atomic mass is 9.79. The van der Waals surface area contributed by atoms with E-state index in [1.165, 1.54) is 66.4 Å². The van der Waals surface area contributed by atoms with Crippen LogP contribution < -0.4 is 4.90 Å². The molecule has 0 spiro atoms. The zero-order valence-corrected chi connectivity index (χ0v) is 28.3. The standard InChI is InChI=1S/C49H37N/c1-49(2)45-23-13-12-21-41(45)44-33-43(38-19-10-5-11-20-38)47-42(48(44)49)22-14-24-46(47)50(39-29-25-36(26-30-39)34-15-6-3-7-16-34)40-31-27-37(28-32-40)35-17-8-4-9-18-35/h3-33H,1-2H3. The van der Waals surface area contributed by atoms with Crippen LogP contribution in [0.2, 0.25) is 0 Å². The fourth-order valence-corrected chi connectivity index (χ4v) is 8.07. The monoisotopic (exact) mass is 639 g/mol. The molecule has 0 saturated heterocycles. The largest absolute Gasteiger partial charge is 0.310 e. The van der Waals surface area contributed by atoms with Crippen molar-refractivity contribution in [3.05, 3.63) is 199 Å². The van der Waals surface area contributed by atoms with Crippen LogP contribution in [0.15, 0.2) is 188 Å². The van der Waals surface area contributed by atoms with Crippen LogP contribution in [0, 0.1) is 0 Å². The minimum atomic E-state index is -0.141. The van der Waals surface area contributed by atoms with E-state index in [1.54, 1.807) is 0 Å².